The summed E-state index contributed by atoms with van der Waals surface area (Å²) < 4.78 is 12.7. The Morgan fingerprint density at radius 1 is 0.383 bits per heavy atom. The number of fused-ring (bicyclic) bond motifs is 4. The lowest BCUT2D eigenvalue weighted by Gasteiger charge is -2.09. The highest BCUT2D eigenvalue weighted by Crippen LogP contribution is 2.33. The van der Waals surface area contributed by atoms with Crippen LogP contribution in [-0.2, 0) is 0 Å². The highest BCUT2D eigenvalue weighted by atomic mass is 16.3. The van der Waals surface area contributed by atoms with E-state index in [1.54, 1.807) is 0 Å². The van der Waals surface area contributed by atoms with Crippen LogP contribution in [0.1, 0.15) is 0 Å². The van der Waals surface area contributed by atoms with Crippen LogP contribution in [0.3, 0.4) is 0 Å². The minimum atomic E-state index is 0.869. The molecule has 9 rings (SSSR count). The van der Waals surface area contributed by atoms with E-state index in [0.29, 0.717) is 0 Å². The number of aromatic nitrogens is 3. The molecule has 2 heterocycles. The normalized spacial score (nSPS) is 11.4. The van der Waals surface area contributed by atoms with E-state index in [0.717, 1.165) is 39.0 Å². The van der Waals surface area contributed by atoms with E-state index < -0.39 is 0 Å². The van der Waals surface area contributed by atoms with Crippen molar-refractivity contribution in [1.29, 1.82) is 0 Å². The van der Waals surface area contributed by atoms with Crippen LogP contribution in [0.25, 0.3) is 72.0 Å². The van der Waals surface area contributed by atoms with Gasteiger partial charge in [0.1, 0.15) is 16.6 Å². The van der Waals surface area contributed by atoms with Crippen molar-refractivity contribution in [2.45, 2.75) is 0 Å². The number of hydrogen-bond acceptors (Lipinski definition) is 1. The van der Waals surface area contributed by atoms with Crippen molar-refractivity contribution >= 4 is 32.7 Å². The summed E-state index contributed by atoms with van der Waals surface area (Å²) >= 11 is 0. The van der Waals surface area contributed by atoms with Crippen LogP contribution >= 0.6 is 0 Å². The molecule has 2 aromatic heterocycles. The molecule has 0 aliphatic heterocycles. The second kappa shape index (κ2) is 11.2. The predicted molar refractivity (Wildman–Crippen MR) is 187 cm³/mol. The lowest BCUT2D eigenvalue weighted by atomic mass is 9.95. The molecule has 0 saturated carbocycles. The number of rotatable bonds is 5. The first-order valence-electron chi connectivity index (χ1n) is 15.8. The lowest BCUT2D eigenvalue weighted by Crippen LogP contribution is -2.55. The molecule has 9 aromatic rings. The Hall–Kier alpha value is -6.39. The minimum Gasteiger partial charge on any atom is -0.456 e. The maximum Gasteiger partial charge on any atom is 0.428 e. The Morgan fingerprint density at radius 3 is 1.83 bits per heavy atom. The third-order valence-electron chi connectivity index (χ3n) is 8.92. The van der Waals surface area contributed by atoms with Gasteiger partial charge in [-0.2, -0.15) is 0 Å². The Bertz CT molecular complexity index is 2550. The molecule has 0 amide bonds. The molecule has 0 spiro atoms. The predicted octanol–water partition coefficient (Wildman–Crippen LogP) is 8.90. The second-order valence-corrected chi connectivity index (χ2v) is 11.8. The van der Waals surface area contributed by atoms with Gasteiger partial charge in [-0.1, -0.05) is 117 Å². The van der Waals surface area contributed by atoms with Gasteiger partial charge in [-0.25, -0.2) is 0 Å². The molecule has 0 radical (unpaired) electrons. The van der Waals surface area contributed by atoms with Crippen LogP contribution in [0.5, 0.6) is 0 Å². The van der Waals surface area contributed by atoms with Crippen molar-refractivity contribution in [2.24, 2.45) is 0 Å². The molecule has 4 nitrogen and oxygen atoms in total. The first-order chi connectivity index (χ1) is 23.3. The van der Waals surface area contributed by atoms with E-state index in [-0.39, 0.29) is 0 Å². The standard InChI is InChI=1S/C43H30N3O/c1-3-11-31(12-4-1)33-23-26-38-34(27-33)13-9-17-37(38)32-21-24-36(25-22-32)45-28-44(35-14-5-2-6-15-35)29-46(30-45)40-18-10-20-42-43(40)39-16-7-8-19-41(39)47-42/h1-30H/q+3. The average molecular weight is 605 g/mol. The van der Waals surface area contributed by atoms with Gasteiger partial charge >= 0.3 is 19.0 Å². The van der Waals surface area contributed by atoms with E-state index in [2.05, 4.69) is 172 Å². The summed E-state index contributed by atoms with van der Waals surface area (Å²) in [6, 6.07) is 57.6. The summed E-state index contributed by atoms with van der Waals surface area (Å²) in [6.45, 7) is 0. The van der Waals surface area contributed by atoms with Gasteiger partial charge in [0.2, 0.25) is 17.1 Å². The lowest BCUT2D eigenvalue weighted by molar-refractivity contribution is -0.857. The summed E-state index contributed by atoms with van der Waals surface area (Å²) in [5.74, 6) is 0. The molecular weight excluding hydrogens is 574 g/mol. The smallest absolute Gasteiger partial charge is 0.428 e. The number of benzene rings is 7. The molecule has 0 aliphatic carbocycles. The molecule has 0 atom stereocenters. The van der Waals surface area contributed by atoms with Crippen LogP contribution in [0.4, 0.5) is 0 Å². The molecule has 0 saturated heterocycles. The monoisotopic (exact) mass is 604 g/mol. The Kier molecular flexibility index (Phi) is 6.43. The molecule has 7 aromatic carbocycles. The van der Waals surface area contributed by atoms with Crippen LogP contribution in [0.2, 0.25) is 0 Å². The zero-order valence-corrected chi connectivity index (χ0v) is 25.6. The summed E-state index contributed by atoms with van der Waals surface area (Å²) in [7, 11) is 0. The molecule has 0 unspecified atom stereocenters. The fourth-order valence-corrected chi connectivity index (χ4v) is 6.61. The molecular formula is C43H30N3O+3. The Labute approximate surface area is 272 Å². The SMILES string of the molecule is c1ccc(-c2ccc3c(-c4ccc(-[n+]5c[n+](-c6ccccc6)c[n+](-c6cccc7oc8ccccc8c67)c5)cc4)cccc3c2)cc1. The summed E-state index contributed by atoms with van der Waals surface area (Å²) in [4.78, 5) is 0. The van der Waals surface area contributed by atoms with Gasteiger partial charge in [0, 0.05) is 35.7 Å². The quantitative estimate of drug-likeness (QED) is 0.180. The Morgan fingerprint density at radius 2 is 1.02 bits per heavy atom. The van der Waals surface area contributed by atoms with Gasteiger partial charge in [-0.15, -0.1) is 0 Å². The van der Waals surface area contributed by atoms with E-state index in [1.165, 1.54) is 33.0 Å². The number of para-hydroxylation sites is 2. The van der Waals surface area contributed by atoms with Crippen molar-refractivity contribution in [3.8, 4) is 39.3 Å². The van der Waals surface area contributed by atoms with Crippen LogP contribution in [0, 0.1) is 0 Å². The number of hydrogen-bond donors (Lipinski definition) is 0. The zero-order valence-electron chi connectivity index (χ0n) is 25.6. The highest BCUT2D eigenvalue weighted by molar-refractivity contribution is 6.08. The van der Waals surface area contributed by atoms with E-state index in [4.69, 9.17) is 4.42 Å². The Balaban J connectivity index is 1.15. The zero-order chi connectivity index (χ0) is 31.2. The molecule has 0 bridgehead atoms. The fourth-order valence-electron chi connectivity index (χ4n) is 6.61. The molecule has 220 valence electrons. The summed E-state index contributed by atoms with van der Waals surface area (Å²) in [5, 5.41) is 4.67. The third-order valence-corrected chi connectivity index (χ3v) is 8.92. The van der Waals surface area contributed by atoms with Crippen molar-refractivity contribution in [3.63, 3.8) is 0 Å². The van der Waals surface area contributed by atoms with Gasteiger partial charge in [0.15, 0.2) is 0 Å². The van der Waals surface area contributed by atoms with Crippen LogP contribution in [0.15, 0.2) is 187 Å². The summed E-state index contributed by atoms with van der Waals surface area (Å²) in [5.41, 5.74) is 9.79. The maximum absolute atomic E-state index is 6.23. The van der Waals surface area contributed by atoms with Gasteiger partial charge in [0.25, 0.3) is 0 Å². The van der Waals surface area contributed by atoms with Crippen molar-refractivity contribution in [1.82, 2.24) is 0 Å². The first kappa shape index (κ1) is 27.0. The molecule has 0 fully saturated rings. The largest absolute Gasteiger partial charge is 0.456 e. The molecule has 4 heteroatoms. The third kappa shape index (κ3) is 4.84. The van der Waals surface area contributed by atoms with Gasteiger partial charge in [-0.3, -0.25) is 0 Å². The van der Waals surface area contributed by atoms with E-state index in [9.17, 15) is 0 Å². The van der Waals surface area contributed by atoms with Crippen molar-refractivity contribution < 1.29 is 18.1 Å². The van der Waals surface area contributed by atoms with Gasteiger partial charge in [0.05, 0.1) is 0 Å². The van der Waals surface area contributed by atoms with Crippen LogP contribution < -0.4 is 13.7 Å². The van der Waals surface area contributed by atoms with Gasteiger partial charge in [-0.05, 0) is 63.4 Å². The van der Waals surface area contributed by atoms with Gasteiger partial charge < -0.3 is 4.42 Å². The highest BCUT2D eigenvalue weighted by Gasteiger charge is 2.27. The van der Waals surface area contributed by atoms with Crippen molar-refractivity contribution in [2.75, 3.05) is 0 Å². The van der Waals surface area contributed by atoms with Crippen molar-refractivity contribution in [3.05, 3.63) is 183 Å². The average Bonchev–Trinajstić information content (AvgIpc) is 3.54. The first-order valence-corrected chi connectivity index (χ1v) is 15.8. The molecule has 47 heavy (non-hydrogen) atoms. The molecule has 0 aliphatic rings. The maximum atomic E-state index is 6.23. The topological polar surface area (TPSA) is 24.8 Å². The minimum absolute atomic E-state index is 0.869. The van der Waals surface area contributed by atoms with Crippen LogP contribution in [-0.4, -0.2) is 0 Å². The van der Waals surface area contributed by atoms with E-state index >= 15 is 0 Å². The fraction of sp³-hybridized carbons (Fsp3) is 0. The second-order valence-electron chi connectivity index (χ2n) is 11.8. The number of furan rings is 1. The summed E-state index contributed by atoms with van der Waals surface area (Å²) in [6.07, 6.45) is 6.38. The molecule has 0 N–H and O–H groups in total. The van der Waals surface area contributed by atoms with E-state index in [1.807, 2.05) is 24.3 Å². The number of nitrogens with zero attached hydrogens (tertiary/aromatic N) is 3.